The molecular formula is C13H12O8. The Morgan fingerprint density at radius 3 is 1.62 bits per heavy atom. The molecule has 0 saturated heterocycles. The van der Waals surface area contributed by atoms with Crippen LogP contribution in [0.5, 0.6) is 23.0 Å². The summed E-state index contributed by atoms with van der Waals surface area (Å²) in [5.41, 5.74) is 0. The fourth-order valence-corrected chi connectivity index (χ4v) is 1.38. The lowest BCUT2D eigenvalue weighted by Crippen LogP contribution is -2.11. The lowest BCUT2D eigenvalue weighted by Gasteiger charge is -2.14. The summed E-state index contributed by atoms with van der Waals surface area (Å²) in [5.74, 6) is -2.93. The maximum atomic E-state index is 11.1. The Balaban J connectivity index is 3.42. The van der Waals surface area contributed by atoms with Gasteiger partial charge in [0.15, 0.2) is 11.5 Å². The Morgan fingerprint density at radius 2 is 1.29 bits per heavy atom. The molecule has 0 fully saturated rings. The number of hydrogen-bond acceptors (Lipinski definition) is 8. The Hall–Kier alpha value is -2.90. The summed E-state index contributed by atoms with van der Waals surface area (Å²) < 4.78 is 19.2. The summed E-state index contributed by atoms with van der Waals surface area (Å²) in [6.45, 7) is 3.49. The standard InChI is InChI=1S/C13H12O8/c1-7(15)19-11-4-10(18-6-14)5-12(20-8(2)16)13(11)21-9(3)17/h4-6H,1-3H3. The highest BCUT2D eigenvalue weighted by molar-refractivity contribution is 5.78. The van der Waals surface area contributed by atoms with E-state index in [0.717, 1.165) is 32.9 Å². The lowest BCUT2D eigenvalue weighted by molar-refractivity contribution is -0.135. The molecule has 0 aliphatic rings. The van der Waals surface area contributed by atoms with E-state index in [9.17, 15) is 19.2 Å². The fraction of sp³-hybridized carbons (Fsp3) is 0.231. The second-order valence-electron chi connectivity index (χ2n) is 3.74. The third-order valence-corrected chi connectivity index (χ3v) is 1.93. The molecule has 0 saturated carbocycles. The van der Waals surface area contributed by atoms with Gasteiger partial charge in [0.1, 0.15) is 5.75 Å². The number of ether oxygens (including phenoxy) is 4. The van der Waals surface area contributed by atoms with Gasteiger partial charge in [-0.1, -0.05) is 0 Å². The van der Waals surface area contributed by atoms with Crippen molar-refractivity contribution in [2.75, 3.05) is 0 Å². The van der Waals surface area contributed by atoms with E-state index in [-0.39, 0.29) is 29.5 Å². The van der Waals surface area contributed by atoms with Gasteiger partial charge in [-0.2, -0.15) is 0 Å². The van der Waals surface area contributed by atoms with Gasteiger partial charge in [-0.05, 0) is 0 Å². The molecule has 0 unspecified atom stereocenters. The van der Waals surface area contributed by atoms with E-state index in [0.29, 0.717) is 0 Å². The minimum absolute atomic E-state index is 0.0617. The minimum Gasteiger partial charge on any atom is -0.428 e. The van der Waals surface area contributed by atoms with E-state index in [1.165, 1.54) is 0 Å². The van der Waals surface area contributed by atoms with Crippen molar-refractivity contribution in [3.63, 3.8) is 0 Å². The molecule has 1 aromatic carbocycles. The molecule has 1 aromatic rings. The van der Waals surface area contributed by atoms with Crippen LogP contribution in [0.4, 0.5) is 0 Å². The molecule has 0 amide bonds. The molecule has 0 N–H and O–H groups in total. The monoisotopic (exact) mass is 296 g/mol. The zero-order valence-electron chi connectivity index (χ0n) is 11.5. The van der Waals surface area contributed by atoms with E-state index in [1.54, 1.807) is 0 Å². The summed E-state index contributed by atoms with van der Waals surface area (Å²) in [6, 6.07) is 2.28. The predicted octanol–water partition coefficient (Wildman–Crippen LogP) is 0.998. The Labute approximate surface area is 119 Å². The molecule has 21 heavy (non-hydrogen) atoms. The molecule has 0 aliphatic heterocycles. The first-order chi connectivity index (χ1) is 9.83. The van der Waals surface area contributed by atoms with Crippen LogP contribution in [0.3, 0.4) is 0 Å². The van der Waals surface area contributed by atoms with Crippen LogP contribution in [-0.4, -0.2) is 24.4 Å². The summed E-state index contributed by atoms with van der Waals surface area (Å²) in [5, 5.41) is 0. The molecule has 8 nitrogen and oxygen atoms in total. The molecule has 0 bridgehead atoms. The number of carbonyl (C=O) groups excluding carboxylic acids is 4. The van der Waals surface area contributed by atoms with Gasteiger partial charge < -0.3 is 18.9 Å². The zero-order chi connectivity index (χ0) is 16.0. The van der Waals surface area contributed by atoms with Crippen molar-refractivity contribution in [2.24, 2.45) is 0 Å². The molecule has 0 radical (unpaired) electrons. The first kappa shape index (κ1) is 16.2. The first-order valence-electron chi connectivity index (χ1n) is 5.67. The van der Waals surface area contributed by atoms with Crippen molar-refractivity contribution in [1.82, 2.24) is 0 Å². The molecule has 0 spiro atoms. The molecule has 112 valence electrons. The third kappa shape index (κ3) is 4.94. The lowest BCUT2D eigenvalue weighted by atomic mass is 10.2. The first-order valence-corrected chi connectivity index (χ1v) is 5.67. The van der Waals surface area contributed by atoms with Crippen molar-refractivity contribution < 1.29 is 38.1 Å². The maximum absolute atomic E-state index is 11.1. The van der Waals surface area contributed by atoms with Crippen molar-refractivity contribution in [1.29, 1.82) is 0 Å². The van der Waals surface area contributed by atoms with Crippen molar-refractivity contribution >= 4 is 24.4 Å². The second kappa shape index (κ2) is 7.04. The zero-order valence-corrected chi connectivity index (χ0v) is 11.5. The number of benzene rings is 1. The van der Waals surface area contributed by atoms with E-state index in [4.69, 9.17) is 14.2 Å². The molecule has 0 heterocycles. The van der Waals surface area contributed by atoms with Gasteiger partial charge in [-0.25, -0.2) is 0 Å². The van der Waals surface area contributed by atoms with Crippen LogP contribution in [-0.2, 0) is 19.2 Å². The molecule has 8 heteroatoms. The van der Waals surface area contributed by atoms with Gasteiger partial charge in [0.05, 0.1) is 0 Å². The highest BCUT2D eigenvalue weighted by atomic mass is 16.6. The van der Waals surface area contributed by atoms with Crippen LogP contribution in [0.15, 0.2) is 12.1 Å². The number of hydrogen-bond donors (Lipinski definition) is 0. The average molecular weight is 296 g/mol. The van der Waals surface area contributed by atoms with Crippen LogP contribution in [0.1, 0.15) is 20.8 Å². The third-order valence-electron chi connectivity index (χ3n) is 1.93. The fourth-order valence-electron chi connectivity index (χ4n) is 1.38. The highest BCUT2D eigenvalue weighted by Gasteiger charge is 2.20. The summed E-state index contributed by atoms with van der Waals surface area (Å²) >= 11 is 0. The second-order valence-corrected chi connectivity index (χ2v) is 3.74. The molecule has 0 aromatic heterocycles. The van der Waals surface area contributed by atoms with Crippen LogP contribution in [0.25, 0.3) is 0 Å². The van der Waals surface area contributed by atoms with Crippen molar-refractivity contribution in [3.8, 4) is 23.0 Å². The topological polar surface area (TPSA) is 105 Å². The highest BCUT2D eigenvalue weighted by Crippen LogP contribution is 2.41. The van der Waals surface area contributed by atoms with Gasteiger partial charge in [-0.3, -0.25) is 19.2 Å². The molecule has 1 rings (SSSR count). The summed E-state index contributed by atoms with van der Waals surface area (Å²) in [7, 11) is 0. The smallest absolute Gasteiger partial charge is 0.308 e. The normalized spacial score (nSPS) is 9.48. The van der Waals surface area contributed by atoms with E-state index in [1.807, 2.05) is 0 Å². The summed E-state index contributed by atoms with van der Waals surface area (Å²) in [6.07, 6.45) is 0. The number of esters is 3. The van der Waals surface area contributed by atoms with Crippen LogP contribution in [0.2, 0.25) is 0 Å². The number of rotatable bonds is 5. The maximum Gasteiger partial charge on any atom is 0.308 e. The summed E-state index contributed by atoms with van der Waals surface area (Å²) in [4.78, 5) is 43.6. The molecule has 0 aliphatic carbocycles. The van der Waals surface area contributed by atoms with Crippen molar-refractivity contribution in [2.45, 2.75) is 20.8 Å². The molecule has 0 atom stereocenters. The SMILES string of the molecule is CC(=O)Oc1cc(OC=O)cc(OC(C)=O)c1OC(C)=O. The van der Waals surface area contributed by atoms with Gasteiger partial charge in [0.2, 0.25) is 5.75 Å². The van der Waals surface area contributed by atoms with E-state index in [2.05, 4.69) is 4.74 Å². The van der Waals surface area contributed by atoms with Crippen molar-refractivity contribution in [3.05, 3.63) is 12.1 Å². The molecular weight excluding hydrogens is 284 g/mol. The van der Waals surface area contributed by atoms with Gasteiger partial charge >= 0.3 is 17.9 Å². The number of carbonyl (C=O) groups is 4. The van der Waals surface area contributed by atoms with E-state index < -0.39 is 17.9 Å². The quantitative estimate of drug-likeness (QED) is 0.450. The van der Waals surface area contributed by atoms with Gasteiger partial charge in [0.25, 0.3) is 6.47 Å². The largest absolute Gasteiger partial charge is 0.428 e. The predicted molar refractivity (Wildman–Crippen MR) is 67.1 cm³/mol. The van der Waals surface area contributed by atoms with Gasteiger partial charge in [0, 0.05) is 32.9 Å². The Kier molecular flexibility index (Phi) is 5.41. The minimum atomic E-state index is -0.721. The Morgan fingerprint density at radius 1 is 0.857 bits per heavy atom. The van der Waals surface area contributed by atoms with Crippen LogP contribution >= 0.6 is 0 Å². The Bertz CT molecular complexity index is 553. The van der Waals surface area contributed by atoms with Gasteiger partial charge in [-0.15, -0.1) is 0 Å². The van der Waals surface area contributed by atoms with E-state index >= 15 is 0 Å². The van der Waals surface area contributed by atoms with Crippen LogP contribution < -0.4 is 18.9 Å². The van der Waals surface area contributed by atoms with Crippen LogP contribution in [0, 0.1) is 0 Å². The average Bonchev–Trinajstić information content (AvgIpc) is 2.32.